The number of nitrogens with two attached hydrogens (primary N) is 1. The lowest BCUT2D eigenvalue weighted by Crippen LogP contribution is -2.41. The molecule has 0 atom stereocenters. The minimum atomic E-state index is -0.0984. The van der Waals surface area contributed by atoms with Gasteiger partial charge in [0.15, 0.2) is 0 Å². The minimum absolute atomic E-state index is 0.0984. The molecule has 0 saturated heterocycles. The number of ether oxygens (including phenoxy) is 1. The smallest absolute Gasteiger partial charge is 0.134 e. The lowest BCUT2D eigenvalue weighted by atomic mass is 10.0. The summed E-state index contributed by atoms with van der Waals surface area (Å²) in [5.41, 5.74) is 6.90. The summed E-state index contributed by atoms with van der Waals surface area (Å²) in [5.74, 6) is 0.817. The van der Waals surface area contributed by atoms with Crippen LogP contribution in [0.4, 0.5) is 0 Å². The molecule has 4 heteroatoms. The van der Waals surface area contributed by atoms with Gasteiger partial charge < -0.3 is 15.0 Å². The fourth-order valence-corrected chi connectivity index (χ4v) is 2.07. The Balaban J connectivity index is 1.75. The zero-order valence-corrected chi connectivity index (χ0v) is 9.16. The van der Waals surface area contributed by atoms with Gasteiger partial charge in [-0.1, -0.05) is 18.0 Å². The van der Waals surface area contributed by atoms with Gasteiger partial charge in [0.25, 0.3) is 0 Å². The molecule has 1 saturated carbocycles. The highest BCUT2D eigenvalue weighted by Gasteiger charge is 2.29. The van der Waals surface area contributed by atoms with Gasteiger partial charge in [-0.25, -0.2) is 0 Å². The van der Waals surface area contributed by atoms with Crippen LogP contribution in [0.1, 0.15) is 37.1 Å². The largest absolute Gasteiger partial charge is 0.373 e. The molecule has 84 valence electrons. The van der Waals surface area contributed by atoms with Gasteiger partial charge in [-0.05, 0) is 19.8 Å². The summed E-state index contributed by atoms with van der Waals surface area (Å²) in [6.45, 7) is 2.99. The van der Waals surface area contributed by atoms with Crippen LogP contribution in [0.25, 0.3) is 0 Å². The summed E-state index contributed by atoms with van der Waals surface area (Å²) in [6.07, 6.45) is 4.60. The van der Waals surface area contributed by atoms with E-state index in [-0.39, 0.29) is 5.54 Å². The van der Waals surface area contributed by atoms with E-state index in [1.54, 1.807) is 0 Å². The van der Waals surface area contributed by atoms with Crippen LogP contribution < -0.4 is 5.73 Å². The van der Waals surface area contributed by atoms with Crippen molar-refractivity contribution in [2.45, 2.75) is 44.8 Å². The van der Waals surface area contributed by atoms with Gasteiger partial charge in [0.1, 0.15) is 11.5 Å². The van der Waals surface area contributed by atoms with Gasteiger partial charge >= 0.3 is 0 Å². The van der Waals surface area contributed by atoms with Gasteiger partial charge in [0.2, 0.25) is 0 Å². The average Bonchev–Trinajstić information content (AvgIpc) is 2.76. The molecule has 15 heavy (non-hydrogen) atoms. The maximum atomic E-state index is 6.16. The Morgan fingerprint density at radius 3 is 2.87 bits per heavy atom. The average molecular weight is 210 g/mol. The molecule has 4 nitrogen and oxygen atoms in total. The molecule has 0 aromatic carbocycles. The summed E-state index contributed by atoms with van der Waals surface area (Å²) in [7, 11) is 0. The Morgan fingerprint density at radius 1 is 1.53 bits per heavy atom. The van der Waals surface area contributed by atoms with E-state index in [1.165, 1.54) is 12.8 Å². The lowest BCUT2D eigenvalue weighted by molar-refractivity contribution is 0.0715. The highest BCUT2D eigenvalue weighted by molar-refractivity contribution is 5.02. The fraction of sp³-hybridized carbons (Fsp3) is 0.727. The quantitative estimate of drug-likeness (QED) is 0.822. The summed E-state index contributed by atoms with van der Waals surface area (Å²) < 4.78 is 10.5. The number of rotatable bonds is 4. The third kappa shape index (κ3) is 2.79. The molecule has 0 amide bonds. The predicted octanol–water partition coefficient (Wildman–Crippen LogP) is 1.77. The van der Waals surface area contributed by atoms with Crippen LogP contribution in [0.3, 0.4) is 0 Å². The maximum absolute atomic E-state index is 6.16. The highest BCUT2D eigenvalue weighted by Crippen LogP contribution is 2.27. The maximum Gasteiger partial charge on any atom is 0.134 e. The Labute approximate surface area is 89.8 Å². The zero-order valence-electron chi connectivity index (χ0n) is 9.16. The van der Waals surface area contributed by atoms with Crippen molar-refractivity contribution in [3.8, 4) is 0 Å². The number of aryl methyl sites for hydroxylation is 1. The molecular formula is C11H18N2O2. The number of hydrogen-bond donors (Lipinski definition) is 1. The Kier molecular flexibility index (Phi) is 3.07. The minimum Gasteiger partial charge on any atom is -0.373 e. The predicted molar refractivity (Wildman–Crippen MR) is 56.3 cm³/mol. The Hall–Kier alpha value is -0.870. The standard InChI is InChI=1S/C11H18N2O2/c1-9-6-10(13-15-9)7-14-8-11(12)4-2-3-5-11/h6H,2-5,7-8,12H2,1H3. The number of nitrogens with zero attached hydrogens (tertiary/aromatic N) is 1. The van der Waals surface area contributed by atoms with Gasteiger partial charge in [-0.15, -0.1) is 0 Å². The van der Waals surface area contributed by atoms with E-state index in [4.69, 9.17) is 15.0 Å². The molecule has 2 rings (SSSR count). The van der Waals surface area contributed by atoms with Gasteiger partial charge in [0.05, 0.1) is 13.2 Å². The first-order valence-corrected chi connectivity index (χ1v) is 5.47. The molecule has 0 spiro atoms. The van der Waals surface area contributed by atoms with Gasteiger partial charge in [-0.2, -0.15) is 0 Å². The molecular weight excluding hydrogens is 192 g/mol. The van der Waals surface area contributed by atoms with Crippen molar-refractivity contribution in [3.63, 3.8) is 0 Å². The monoisotopic (exact) mass is 210 g/mol. The Bertz CT molecular complexity index is 316. The van der Waals surface area contributed by atoms with E-state index in [0.717, 1.165) is 24.3 Å². The molecule has 1 fully saturated rings. The number of hydrogen-bond acceptors (Lipinski definition) is 4. The van der Waals surface area contributed by atoms with Crippen LogP contribution in [0.15, 0.2) is 10.6 Å². The third-order valence-corrected chi connectivity index (χ3v) is 2.92. The van der Waals surface area contributed by atoms with Crippen molar-refractivity contribution >= 4 is 0 Å². The third-order valence-electron chi connectivity index (χ3n) is 2.92. The highest BCUT2D eigenvalue weighted by atomic mass is 16.5. The van der Waals surface area contributed by atoms with Crippen molar-refractivity contribution in [1.82, 2.24) is 5.16 Å². The van der Waals surface area contributed by atoms with Crippen LogP contribution >= 0.6 is 0 Å². The lowest BCUT2D eigenvalue weighted by Gasteiger charge is -2.22. The van der Waals surface area contributed by atoms with E-state index in [0.29, 0.717) is 13.2 Å². The summed E-state index contributed by atoms with van der Waals surface area (Å²) in [4.78, 5) is 0. The summed E-state index contributed by atoms with van der Waals surface area (Å²) >= 11 is 0. The van der Waals surface area contributed by atoms with Crippen molar-refractivity contribution in [3.05, 3.63) is 17.5 Å². The molecule has 0 radical (unpaired) electrons. The molecule has 2 N–H and O–H groups in total. The first kappa shape index (κ1) is 10.6. The van der Waals surface area contributed by atoms with Gasteiger partial charge in [-0.3, -0.25) is 0 Å². The van der Waals surface area contributed by atoms with Gasteiger partial charge in [0, 0.05) is 11.6 Å². The molecule has 1 aromatic heterocycles. The Morgan fingerprint density at radius 2 is 2.27 bits per heavy atom. The second-order valence-electron chi connectivity index (χ2n) is 4.49. The first-order valence-electron chi connectivity index (χ1n) is 5.47. The second kappa shape index (κ2) is 4.33. The normalized spacial score (nSPS) is 19.6. The van der Waals surface area contributed by atoms with Crippen LogP contribution in [-0.4, -0.2) is 17.3 Å². The summed E-state index contributed by atoms with van der Waals surface area (Å²) in [5, 5.41) is 3.86. The molecule has 0 bridgehead atoms. The van der Waals surface area contributed by atoms with Crippen LogP contribution in [-0.2, 0) is 11.3 Å². The molecule has 1 aliphatic carbocycles. The molecule has 1 aliphatic rings. The number of aromatic nitrogens is 1. The first-order chi connectivity index (χ1) is 7.18. The van der Waals surface area contributed by atoms with Crippen molar-refractivity contribution < 1.29 is 9.26 Å². The second-order valence-corrected chi connectivity index (χ2v) is 4.49. The van der Waals surface area contributed by atoms with E-state index in [2.05, 4.69) is 5.16 Å². The summed E-state index contributed by atoms with van der Waals surface area (Å²) in [6, 6.07) is 1.89. The molecule has 0 aliphatic heterocycles. The van der Waals surface area contributed by atoms with Crippen molar-refractivity contribution in [2.24, 2.45) is 5.73 Å². The van der Waals surface area contributed by atoms with Crippen molar-refractivity contribution in [1.29, 1.82) is 0 Å². The van der Waals surface area contributed by atoms with E-state index in [9.17, 15) is 0 Å². The molecule has 1 heterocycles. The van der Waals surface area contributed by atoms with E-state index >= 15 is 0 Å². The fourth-order valence-electron chi connectivity index (χ4n) is 2.07. The van der Waals surface area contributed by atoms with Crippen LogP contribution in [0, 0.1) is 6.92 Å². The van der Waals surface area contributed by atoms with Crippen LogP contribution in [0.2, 0.25) is 0 Å². The zero-order chi connectivity index (χ0) is 10.7. The van der Waals surface area contributed by atoms with Crippen molar-refractivity contribution in [2.75, 3.05) is 6.61 Å². The topological polar surface area (TPSA) is 61.3 Å². The van der Waals surface area contributed by atoms with Crippen LogP contribution in [0.5, 0.6) is 0 Å². The molecule has 1 aromatic rings. The SMILES string of the molecule is Cc1cc(COCC2(N)CCCC2)no1. The van der Waals surface area contributed by atoms with E-state index < -0.39 is 0 Å². The van der Waals surface area contributed by atoms with E-state index in [1.807, 2.05) is 13.0 Å². The molecule has 0 unspecified atom stereocenters.